The molecule has 0 bridgehead atoms. The number of nitrogens with one attached hydrogen (secondary N) is 1. The van der Waals surface area contributed by atoms with Gasteiger partial charge in [-0.1, -0.05) is 42.0 Å². The summed E-state index contributed by atoms with van der Waals surface area (Å²) in [4.78, 5) is 12.0. The highest BCUT2D eigenvalue weighted by atomic mass is 16.3. The molecule has 0 saturated carbocycles. The topological polar surface area (TPSA) is 49.3 Å². The Morgan fingerprint density at radius 2 is 1.70 bits per heavy atom. The van der Waals surface area contributed by atoms with E-state index in [1.165, 1.54) is 5.56 Å². The number of aliphatic hydroxyl groups is 1. The highest BCUT2D eigenvalue weighted by molar-refractivity contribution is 5.93. The molecule has 0 aromatic heterocycles. The standard InChI is InChI=1S/C17H19NO2/c1-12-3-6-14(7-4-12)10-17(20)18-16-9-15(11-19)8-5-13(16)2/h3-9,19H,10-11H2,1-2H3,(H,18,20). The van der Waals surface area contributed by atoms with Crippen LogP contribution < -0.4 is 5.32 Å². The average Bonchev–Trinajstić information content (AvgIpc) is 2.44. The summed E-state index contributed by atoms with van der Waals surface area (Å²) in [6, 6.07) is 13.5. The number of carbonyl (C=O) groups excluding carboxylic acids is 1. The highest BCUT2D eigenvalue weighted by Crippen LogP contribution is 2.17. The first kappa shape index (κ1) is 14.3. The van der Waals surface area contributed by atoms with Gasteiger partial charge < -0.3 is 10.4 Å². The molecule has 3 nitrogen and oxygen atoms in total. The van der Waals surface area contributed by atoms with Crippen molar-refractivity contribution in [1.29, 1.82) is 0 Å². The number of amides is 1. The van der Waals surface area contributed by atoms with Gasteiger partial charge in [-0.25, -0.2) is 0 Å². The number of carbonyl (C=O) groups is 1. The molecule has 0 fully saturated rings. The second-order valence-corrected chi connectivity index (χ2v) is 5.02. The molecule has 0 unspecified atom stereocenters. The number of hydrogen-bond acceptors (Lipinski definition) is 2. The maximum atomic E-state index is 12.0. The van der Waals surface area contributed by atoms with E-state index in [0.29, 0.717) is 6.42 Å². The minimum atomic E-state index is -0.0490. The Kier molecular flexibility index (Phi) is 4.53. The van der Waals surface area contributed by atoms with E-state index < -0.39 is 0 Å². The smallest absolute Gasteiger partial charge is 0.228 e. The average molecular weight is 269 g/mol. The Morgan fingerprint density at radius 1 is 1.05 bits per heavy atom. The van der Waals surface area contributed by atoms with Crippen LogP contribution in [-0.4, -0.2) is 11.0 Å². The van der Waals surface area contributed by atoms with Crippen molar-refractivity contribution in [2.45, 2.75) is 26.9 Å². The second-order valence-electron chi connectivity index (χ2n) is 5.02. The molecule has 2 rings (SSSR count). The van der Waals surface area contributed by atoms with Crippen LogP contribution in [0.5, 0.6) is 0 Å². The molecular weight excluding hydrogens is 250 g/mol. The van der Waals surface area contributed by atoms with Crippen LogP contribution in [0.3, 0.4) is 0 Å². The summed E-state index contributed by atoms with van der Waals surface area (Å²) in [6.07, 6.45) is 0.350. The van der Waals surface area contributed by atoms with Crippen LogP contribution in [0.15, 0.2) is 42.5 Å². The summed E-state index contributed by atoms with van der Waals surface area (Å²) in [5, 5.41) is 12.0. The van der Waals surface area contributed by atoms with E-state index in [4.69, 9.17) is 5.11 Å². The van der Waals surface area contributed by atoms with E-state index in [1.807, 2.05) is 56.3 Å². The van der Waals surface area contributed by atoms with Crippen LogP contribution in [0.1, 0.15) is 22.3 Å². The maximum absolute atomic E-state index is 12.0. The molecule has 3 heteroatoms. The predicted octanol–water partition coefficient (Wildman–Crippen LogP) is 2.98. The van der Waals surface area contributed by atoms with Gasteiger partial charge in [0.1, 0.15) is 0 Å². The molecule has 0 heterocycles. The quantitative estimate of drug-likeness (QED) is 0.896. The molecule has 1 amide bonds. The van der Waals surface area contributed by atoms with E-state index in [0.717, 1.165) is 22.4 Å². The van der Waals surface area contributed by atoms with Gasteiger partial charge in [0.15, 0.2) is 0 Å². The fraction of sp³-hybridized carbons (Fsp3) is 0.235. The normalized spacial score (nSPS) is 10.3. The van der Waals surface area contributed by atoms with Crippen molar-refractivity contribution in [2.24, 2.45) is 0 Å². The van der Waals surface area contributed by atoms with Crippen molar-refractivity contribution in [1.82, 2.24) is 0 Å². The van der Waals surface area contributed by atoms with Crippen LogP contribution >= 0.6 is 0 Å². The SMILES string of the molecule is Cc1ccc(CC(=O)Nc2cc(CO)ccc2C)cc1. The molecule has 0 radical (unpaired) electrons. The first-order chi connectivity index (χ1) is 9.58. The van der Waals surface area contributed by atoms with Gasteiger partial charge in [0.2, 0.25) is 5.91 Å². The van der Waals surface area contributed by atoms with Crippen molar-refractivity contribution in [3.05, 3.63) is 64.7 Å². The summed E-state index contributed by atoms with van der Waals surface area (Å²) < 4.78 is 0. The molecule has 104 valence electrons. The summed E-state index contributed by atoms with van der Waals surface area (Å²) in [6.45, 7) is 3.93. The minimum absolute atomic E-state index is 0.0267. The van der Waals surface area contributed by atoms with E-state index in [1.54, 1.807) is 0 Å². The fourth-order valence-corrected chi connectivity index (χ4v) is 1.99. The number of hydrogen-bond donors (Lipinski definition) is 2. The van der Waals surface area contributed by atoms with Crippen molar-refractivity contribution in [3.8, 4) is 0 Å². The van der Waals surface area contributed by atoms with Gasteiger partial charge in [0.05, 0.1) is 13.0 Å². The molecular formula is C17H19NO2. The van der Waals surface area contributed by atoms with E-state index in [9.17, 15) is 4.79 Å². The van der Waals surface area contributed by atoms with Crippen LogP contribution in [0.25, 0.3) is 0 Å². The lowest BCUT2D eigenvalue weighted by atomic mass is 10.1. The zero-order valence-electron chi connectivity index (χ0n) is 11.8. The maximum Gasteiger partial charge on any atom is 0.228 e. The summed E-state index contributed by atoms with van der Waals surface area (Å²) in [5.74, 6) is -0.0490. The van der Waals surface area contributed by atoms with E-state index in [2.05, 4.69) is 5.32 Å². The van der Waals surface area contributed by atoms with Gasteiger partial charge >= 0.3 is 0 Å². The second kappa shape index (κ2) is 6.35. The largest absolute Gasteiger partial charge is 0.392 e. The highest BCUT2D eigenvalue weighted by Gasteiger charge is 2.06. The first-order valence-corrected chi connectivity index (χ1v) is 6.64. The Morgan fingerprint density at radius 3 is 2.35 bits per heavy atom. The van der Waals surface area contributed by atoms with Gasteiger partial charge in [0.25, 0.3) is 0 Å². The third-order valence-corrected chi connectivity index (χ3v) is 3.24. The van der Waals surface area contributed by atoms with Gasteiger partial charge in [-0.05, 0) is 36.6 Å². The third-order valence-electron chi connectivity index (χ3n) is 3.24. The van der Waals surface area contributed by atoms with Crippen LogP contribution in [-0.2, 0) is 17.8 Å². The fourth-order valence-electron chi connectivity index (χ4n) is 1.99. The van der Waals surface area contributed by atoms with Gasteiger partial charge in [0, 0.05) is 5.69 Å². The van der Waals surface area contributed by atoms with Gasteiger partial charge in [-0.15, -0.1) is 0 Å². The molecule has 2 aromatic carbocycles. The molecule has 2 aromatic rings. The molecule has 0 spiro atoms. The number of anilines is 1. The zero-order valence-corrected chi connectivity index (χ0v) is 11.8. The Labute approximate surface area is 119 Å². The number of rotatable bonds is 4. The van der Waals surface area contributed by atoms with Gasteiger partial charge in [-0.2, -0.15) is 0 Å². The summed E-state index contributed by atoms with van der Waals surface area (Å²) in [5.41, 5.74) is 4.71. The van der Waals surface area contributed by atoms with Crippen molar-refractivity contribution in [2.75, 3.05) is 5.32 Å². The van der Waals surface area contributed by atoms with Crippen LogP contribution in [0, 0.1) is 13.8 Å². The first-order valence-electron chi connectivity index (χ1n) is 6.64. The van der Waals surface area contributed by atoms with Crippen molar-refractivity contribution < 1.29 is 9.90 Å². The number of aliphatic hydroxyl groups excluding tert-OH is 1. The Bertz CT molecular complexity index is 603. The molecule has 0 atom stereocenters. The Balaban J connectivity index is 2.06. The van der Waals surface area contributed by atoms with E-state index in [-0.39, 0.29) is 12.5 Å². The lowest BCUT2D eigenvalue weighted by Crippen LogP contribution is -2.15. The number of aryl methyl sites for hydroxylation is 2. The third kappa shape index (κ3) is 3.68. The van der Waals surface area contributed by atoms with E-state index >= 15 is 0 Å². The molecule has 2 N–H and O–H groups in total. The summed E-state index contributed by atoms with van der Waals surface area (Å²) in [7, 11) is 0. The minimum Gasteiger partial charge on any atom is -0.392 e. The lowest BCUT2D eigenvalue weighted by Gasteiger charge is -2.10. The Hall–Kier alpha value is -2.13. The number of benzene rings is 2. The van der Waals surface area contributed by atoms with Crippen LogP contribution in [0.4, 0.5) is 5.69 Å². The summed E-state index contributed by atoms with van der Waals surface area (Å²) >= 11 is 0. The zero-order chi connectivity index (χ0) is 14.5. The monoisotopic (exact) mass is 269 g/mol. The predicted molar refractivity (Wildman–Crippen MR) is 80.6 cm³/mol. The lowest BCUT2D eigenvalue weighted by molar-refractivity contribution is -0.115. The molecule has 0 aliphatic carbocycles. The molecule has 0 saturated heterocycles. The van der Waals surface area contributed by atoms with Crippen molar-refractivity contribution >= 4 is 11.6 Å². The molecule has 20 heavy (non-hydrogen) atoms. The van der Waals surface area contributed by atoms with Crippen molar-refractivity contribution in [3.63, 3.8) is 0 Å². The van der Waals surface area contributed by atoms with Gasteiger partial charge in [-0.3, -0.25) is 4.79 Å². The molecule has 0 aliphatic heterocycles. The molecule has 0 aliphatic rings. The van der Waals surface area contributed by atoms with Crippen LogP contribution in [0.2, 0.25) is 0 Å².